The molecule has 0 saturated heterocycles. The third kappa shape index (κ3) is 4.97. The van der Waals surface area contributed by atoms with Crippen molar-refractivity contribution in [3.63, 3.8) is 0 Å². The minimum absolute atomic E-state index is 0.000910. The number of anilines is 2. The van der Waals surface area contributed by atoms with Crippen LogP contribution in [0.3, 0.4) is 0 Å². The lowest BCUT2D eigenvalue weighted by Gasteiger charge is -2.48. The van der Waals surface area contributed by atoms with Gasteiger partial charge in [0.05, 0.1) is 0 Å². The highest BCUT2D eigenvalue weighted by molar-refractivity contribution is 5.90. The van der Waals surface area contributed by atoms with Crippen LogP contribution in [0, 0.1) is 0 Å². The number of urea groups is 1. The average molecular weight is 372 g/mol. The molecule has 4 heteroatoms. The molecule has 0 spiro atoms. The molecule has 2 saturated carbocycles. The van der Waals surface area contributed by atoms with Gasteiger partial charge in [-0.2, -0.15) is 0 Å². The molecule has 150 valence electrons. The zero-order valence-corrected chi connectivity index (χ0v) is 17.5. The van der Waals surface area contributed by atoms with Crippen LogP contribution in [0.15, 0.2) is 24.3 Å². The van der Waals surface area contributed by atoms with E-state index in [9.17, 15) is 4.79 Å². The second-order valence-corrected chi connectivity index (χ2v) is 8.94. The fourth-order valence-corrected chi connectivity index (χ4v) is 4.95. The summed E-state index contributed by atoms with van der Waals surface area (Å²) >= 11 is 0. The molecule has 0 bridgehead atoms. The van der Waals surface area contributed by atoms with E-state index in [2.05, 4.69) is 34.2 Å². The number of rotatable bonds is 4. The Balaban J connectivity index is 1.79. The first-order valence-corrected chi connectivity index (χ1v) is 10.9. The summed E-state index contributed by atoms with van der Waals surface area (Å²) in [6.45, 7) is 2.33. The molecule has 0 radical (unpaired) electrons. The van der Waals surface area contributed by atoms with E-state index in [4.69, 9.17) is 0 Å². The van der Waals surface area contributed by atoms with Gasteiger partial charge in [-0.1, -0.05) is 44.9 Å². The van der Waals surface area contributed by atoms with Crippen LogP contribution in [0.2, 0.25) is 0 Å². The fourth-order valence-electron chi connectivity index (χ4n) is 4.95. The van der Waals surface area contributed by atoms with Gasteiger partial charge in [-0.15, -0.1) is 0 Å². The Kier molecular flexibility index (Phi) is 6.67. The van der Waals surface area contributed by atoms with Crippen LogP contribution >= 0.6 is 0 Å². The van der Waals surface area contributed by atoms with Gasteiger partial charge in [0, 0.05) is 37.1 Å². The van der Waals surface area contributed by atoms with Crippen molar-refractivity contribution in [2.24, 2.45) is 0 Å². The Morgan fingerprint density at radius 1 is 0.926 bits per heavy atom. The topological polar surface area (TPSA) is 35.6 Å². The molecule has 3 rings (SSSR count). The molecule has 0 aromatic heterocycles. The van der Waals surface area contributed by atoms with Gasteiger partial charge in [-0.05, 0) is 56.9 Å². The quantitative estimate of drug-likeness (QED) is 0.656. The van der Waals surface area contributed by atoms with Gasteiger partial charge in [-0.25, -0.2) is 4.79 Å². The Morgan fingerprint density at radius 2 is 1.48 bits per heavy atom. The lowest BCUT2D eigenvalue weighted by molar-refractivity contribution is 0.0596. The first-order valence-electron chi connectivity index (χ1n) is 10.9. The molecule has 2 fully saturated rings. The SMILES string of the molecule is CN(C)c1ccc(NC(=O)N(C2CCCCCC2)C2(C)CCCCC2)cc1. The number of carbonyl (C=O) groups excluding carboxylic acids is 1. The first-order chi connectivity index (χ1) is 13.0. The minimum atomic E-state index is 0.000910. The van der Waals surface area contributed by atoms with E-state index in [-0.39, 0.29) is 11.6 Å². The van der Waals surface area contributed by atoms with Gasteiger partial charge in [0.2, 0.25) is 0 Å². The Bertz CT molecular complexity index is 597. The molecule has 2 aliphatic carbocycles. The van der Waals surface area contributed by atoms with Crippen molar-refractivity contribution in [2.45, 2.75) is 89.1 Å². The van der Waals surface area contributed by atoms with Crippen molar-refractivity contribution in [2.75, 3.05) is 24.3 Å². The highest BCUT2D eigenvalue weighted by Crippen LogP contribution is 2.38. The molecular weight excluding hydrogens is 334 g/mol. The highest BCUT2D eigenvalue weighted by atomic mass is 16.2. The number of amides is 2. The average Bonchev–Trinajstić information content (AvgIpc) is 2.92. The van der Waals surface area contributed by atoms with E-state index in [1.165, 1.54) is 44.9 Å². The molecule has 4 nitrogen and oxygen atoms in total. The van der Waals surface area contributed by atoms with Crippen molar-refractivity contribution in [3.05, 3.63) is 24.3 Å². The maximum Gasteiger partial charge on any atom is 0.322 e. The number of carbonyl (C=O) groups is 1. The standard InChI is InChI=1S/C23H37N3O/c1-23(17-9-6-10-18-23)26(21-11-7-4-5-8-12-21)22(27)24-19-13-15-20(16-14-19)25(2)3/h13-16,21H,4-12,17-18H2,1-3H3,(H,24,27). The summed E-state index contributed by atoms with van der Waals surface area (Å²) in [5, 5.41) is 3.22. The van der Waals surface area contributed by atoms with Crippen LogP contribution in [0.25, 0.3) is 0 Å². The number of hydrogen-bond acceptors (Lipinski definition) is 2. The lowest BCUT2D eigenvalue weighted by Crippen LogP contribution is -2.57. The second-order valence-electron chi connectivity index (χ2n) is 8.94. The van der Waals surface area contributed by atoms with E-state index in [1.807, 2.05) is 26.2 Å². The third-order valence-corrected chi connectivity index (χ3v) is 6.56. The molecule has 2 aliphatic rings. The van der Waals surface area contributed by atoms with Gasteiger partial charge in [0.15, 0.2) is 0 Å². The van der Waals surface area contributed by atoms with Gasteiger partial charge < -0.3 is 15.1 Å². The normalized spacial score (nSPS) is 20.6. The van der Waals surface area contributed by atoms with Gasteiger partial charge >= 0.3 is 6.03 Å². The van der Waals surface area contributed by atoms with E-state index in [0.717, 1.165) is 37.1 Å². The van der Waals surface area contributed by atoms with Crippen molar-refractivity contribution < 1.29 is 4.79 Å². The molecule has 27 heavy (non-hydrogen) atoms. The molecule has 0 heterocycles. The number of nitrogens with one attached hydrogen (secondary N) is 1. The van der Waals surface area contributed by atoms with Crippen LogP contribution in [0.4, 0.5) is 16.2 Å². The van der Waals surface area contributed by atoms with Gasteiger partial charge in [0.1, 0.15) is 0 Å². The van der Waals surface area contributed by atoms with Crippen LogP contribution in [-0.2, 0) is 0 Å². The molecule has 2 amide bonds. The number of nitrogens with zero attached hydrogens (tertiary/aromatic N) is 2. The molecule has 1 aromatic rings. The zero-order chi connectivity index (χ0) is 19.3. The predicted octanol–water partition coefficient (Wildman–Crippen LogP) is 6.03. The molecule has 0 atom stereocenters. The summed E-state index contributed by atoms with van der Waals surface area (Å²) in [4.78, 5) is 17.8. The first kappa shape index (κ1) is 20.0. The number of benzene rings is 1. The minimum Gasteiger partial charge on any atom is -0.378 e. The Hall–Kier alpha value is -1.71. The summed E-state index contributed by atoms with van der Waals surface area (Å²) in [6.07, 6.45) is 13.5. The largest absolute Gasteiger partial charge is 0.378 e. The van der Waals surface area contributed by atoms with E-state index >= 15 is 0 Å². The van der Waals surface area contributed by atoms with Gasteiger partial charge in [-0.3, -0.25) is 0 Å². The molecular formula is C23H37N3O. The highest BCUT2D eigenvalue weighted by Gasteiger charge is 2.40. The van der Waals surface area contributed by atoms with Crippen molar-refractivity contribution in [1.82, 2.24) is 4.90 Å². The second kappa shape index (κ2) is 8.99. The zero-order valence-electron chi connectivity index (χ0n) is 17.5. The van der Waals surface area contributed by atoms with Crippen molar-refractivity contribution in [3.8, 4) is 0 Å². The third-order valence-electron chi connectivity index (χ3n) is 6.56. The summed E-state index contributed by atoms with van der Waals surface area (Å²) < 4.78 is 0. The van der Waals surface area contributed by atoms with Crippen LogP contribution in [0.1, 0.15) is 77.6 Å². The lowest BCUT2D eigenvalue weighted by atomic mass is 9.80. The summed E-state index contributed by atoms with van der Waals surface area (Å²) in [5.74, 6) is 0. The Labute approximate surface area is 165 Å². The Morgan fingerprint density at radius 3 is 2.04 bits per heavy atom. The predicted molar refractivity (Wildman–Crippen MR) is 115 cm³/mol. The van der Waals surface area contributed by atoms with E-state index in [0.29, 0.717) is 6.04 Å². The molecule has 0 unspecified atom stereocenters. The van der Waals surface area contributed by atoms with E-state index < -0.39 is 0 Å². The van der Waals surface area contributed by atoms with Gasteiger partial charge in [0.25, 0.3) is 0 Å². The maximum atomic E-state index is 13.5. The molecule has 0 aliphatic heterocycles. The molecule has 1 aromatic carbocycles. The maximum absolute atomic E-state index is 13.5. The van der Waals surface area contributed by atoms with Crippen LogP contribution < -0.4 is 10.2 Å². The van der Waals surface area contributed by atoms with Crippen molar-refractivity contribution >= 4 is 17.4 Å². The van der Waals surface area contributed by atoms with Crippen molar-refractivity contribution in [1.29, 1.82) is 0 Å². The van der Waals surface area contributed by atoms with Crippen LogP contribution in [-0.4, -0.2) is 36.6 Å². The smallest absolute Gasteiger partial charge is 0.322 e. The van der Waals surface area contributed by atoms with Crippen LogP contribution in [0.5, 0.6) is 0 Å². The molecule has 1 N–H and O–H groups in total. The summed E-state index contributed by atoms with van der Waals surface area (Å²) in [6, 6.07) is 8.64. The summed E-state index contributed by atoms with van der Waals surface area (Å²) in [7, 11) is 4.07. The summed E-state index contributed by atoms with van der Waals surface area (Å²) in [5.41, 5.74) is 2.04. The monoisotopic (exact) mass is 371 g/mol. The number of hydrogen-bond donors (Lipinski definition) is 1. The van der Waals surface area contributed by atoms with E-state index in [1.54, 1.807) is 0 Å². The fraction of sp³-hybridized carbons (Fsp3) is 0.696.